The summed E-state index contributed by atoms with van der Waals surface area (Å²) in [5, 5.41) is 0. The number of amides is 1. The zero-order valence-electron chi connectivity index (χ0n) is 21.8. The van der Waals surface area contributed by atoms with Crippen molar-refractivity contribution in [3.05, 3.63) is 89.0 Å². The summed E-state index contributed by atoms with van der Waals surface area (Å²) in [6, 6.07) is 13.4. The largest absolute Gasteiger partial charge is 0.466 e. The van der Waals surface area contributed by atoms with Crippen LogP contribution in [0.25, 0.3) is 0 Å². The van der Waals surface area contributed by atoms with E-state index in [-0.39, 0.29) is 41.9 Å². The maximum Gasteiger partial charge on any atom is 0.359 e. The first-order valence-electron chi connectivity index (χ1n) is 12.2. The van der Waals surface area contributed by atoms with Crippen molar-refractivity contribution < 1.29 is 36.7 Å². The third-order valence-electron chi connectivity index (χ3n) is 5.60. The Labute approximate surface area is 226 Å². The van der Waals surface area contributed by atoms with Gasteiger partial charge in [-0.2, -0.15) is 0 Å². The van der Waals surface area contributed by atoms with Crippen LogP contribution in [-0.4, -0.2) is 50.7 Å². The van der Waals surface area contributed by atoms with Crippen LogP contribution in [0.5, 0.6) is 0 Å². The van der Waals surface area contributed by atoms with Crippen LogP contribution in [0.4, 0.5) is 10.1 Å². The number of nitrogens with zero attached hydrogens (tertiary/aromatic N) is 2. The molecule has 3 rings (SSSR count). The van der Waals surface area contributed by atoms with Gasteiger partial charge >= 0.3 is 11.9 Å². The lowest BCUT2D eigenvalue weighted by molar-refractivity contribution is -0.145. The average molecular weight is 557 g/mol. The molecule has 9 nitrogen and oxygen atoms in total. The maximum atomic E-state index is 13.4. The molecule has 0 atom stereocenters. The van der Waals surface area contributed by atoms with Crippen molar-refractivity contribution >= 4 is 33.4 Å². The number of hydrogen-bond donors (Lipinski definition) is 0. The number of hydrogen-bond acceptors (Lipinski definition) is 8. The Morgan fingerprint density at radius 2 is 1.51 bits per heavy atom. The minimum absolute atomic E-state index is 0.0704. The molecular weight excluding hydrogens is 527 g/mol. The van der Waals surface area contributed by atoms with Gasteiger partial charge in [-0.15, -0.1) is 0 Å². The number of carbonyl (C=O) groups excluding carboxylic acids is 3. The molecule has 1 heterocycles. The van der Waals surface area contributed by atoms with E-state index in [1.807, 2.05) is 0 Å². The minimum atomic E-state index is -3.44. The highest BCUT2D eigenvalue weighted by Crippen LogP contribution is 2.26. The molecule has 0 aliphatic heterocycles. The van der Waals surface area contributed by atoms with Crippen molar-refractivity contribution in [2.45, 2.75) is 38.1 Å². The fourth-order valence-corrected chi connectivity index (χ4v) is 4.39. The van der Waals surface area contributed by atoms with Crippen molar-refractivity contribution in [2.24, 2.45) is 0 Å². The Morgan fingerprint density at radius 3 is 2.10 bits per heavy atom. The average Bonchev–Trinajstić information content (AvgIpc) is 2.88. The van der Waals surface area contributed by atoms with Crippen molar-refractivity contribution in [1.29, 1.82) is 0 Å². The zero-order chi connectivity index (χ0) is 28.6. The lowest BCUT2D eigenvalue weighted by Gasteiger charge is -2.25. The normalized spacial score (nSPS) is 11.1. The lowest BCUT2D eigenvalue weighted by atomic mass is 10.0. The van der Waals surface area contributed by atoms with E-state index in [0.717, 1.165) is 11.8 Å². The summed E-state index contributed by atoms with van der Waals surface area (Å²) in [5.41, 5.74) is 1.90. The summed E-state index contributed by atoms with van der Waals surface area (Å²) >= 11 is 0. The molecule has 0 saturated carbocycles. The Balaban J connectivity index is 2.08. The van der Waals surface area contributed by atoms with Crippen molar-refractivity contribution in [3.8, 4) is 0 Å². The number of rotatable bonds is 11. The fourth-order valence-electron chi connectivity index (χ4n) is 3.76. The van der Waals surface area contributed by atoms with Gasteiger partial charge in [-0.3, -0.25) is 9.59 Å². The number of aromatic nitrogens is 1. The number of halogens is 1. The van der Waals surface area contributed by atoms with Gasteiger partial charge in [0.1, 0.15) is 12.2 Å². The van der Waals surface area contributed by atoms with Gasteiger partial charge < -0.3 is 14.4 Å². The molecule has 39 heavy (non-hydrogen) atoms. The molecule has 1 amide bonds. The monoisotopic (exact) mass is 556 g/mol. The van der Waals surface area contributed by atoms with Gasteiger partial charge in [0.15, 0.2) is 15.5 Å². The second-order valence-corrected chi connectivity index (χ2v) is 10.6. The first kappa shape index (κ1) is 29.4. The molecule has 0 N–H and O–H groups in total. The van der Waals surface area contributed by atoms with E-state index in [9.17, 15) is 27.2 Å². The van der Waals surface area contributed by atoms with Gasteiger partial charge in [0, 0.05) is 12.5 Å². The van der Waals surface area contributed by atoms with E-state index in [1.54, 1.807) is 44.2 Å². The SMILES string of the molecule is CCOC(=O)CC(=O)N(Cc1ccc(S(C)(=O)=O)cc1)c1cc(Cc2ccc(F)cc2)cnc1C(=O)OCC. The van der Waals surface area contributed by atoms with Crippen LogP contribution in [0.3, 0.4) is 0 Å². The standard InChI is InChI=1S/C28H29FN2O7S/c1-4-37-26(33)16-25(32)31(18-20-8-12-23(13-9-20)39(3,35)36)24-15-21(14-19-6-10-22(29)11-7-19)17-30-27(24)28(34)38-5-2/h6-13,15,17H,4-5,14,16,18H2,1-3H3. The number of ether oxygens (including phenoxy) is 2. The molecule has 0 spiro atoms. The first-order chi connectivity index (χ1) is 18.5. The van der Waals surface area contributed by atoms with E-state index in [1.165, 1.54) is 35.4 Å². The first-order valence-corrected chi connectivity index (χ1v) is 14.1. The molecule has 1 aromatic heterocycles. The summed E-state index contributed by atoms with van der Waals surface area (Å²) < 4.78 is 47.2. The molecule has 0 aliphatic carbocycles. The van der Waals surface area contributed by atoms with E-state index >= 15 is 0 Å². The third kappa shape index (κ3) is 8.18. The molecule has 206 valence electrons. The van der Waals surface area contributed by atoms with Gasteiger partial charge in [0.05, 0.1) is 30.3 Å². The summed E-state index contributed by atoms with van der Waals surface area (Å²) in [4.78, 5) is 44.0. The highest BCUT2D eigenvalue weighted by Gasteiger charge is 2.27. The molecule has 0 radical (unpaired) electrons. The number of anilines is 1. The second-order valence-electron chi connectivity index (χ2n) is 8.61. The summed E-state index contributed by atoms with van der Waals surface area (Å²) in [6.45, 7) is 3.30. The highest BCUT2D eigenvalue weighted by molar-refractivity contribution is 7.90. The summed E-state index contributed by atoms with van der Waals surface area (Å²) in [6.07, 6.45) is 2.28. The number of esters is 2. The molecule has 0 bridgehead atoms. The zero-order valence-corrected chi connectivity index (χ0v) is 22.7. The van der Waals surface area contributed by atoms with Crippen LogP contribution in [0.2, 0.25) is 0 Å². The maximum absolute atomic E-state index is 13.4. The van der Waals surface area contributed by atoms with Crippen LogP contribution in [-0.2, 0) is 41.9 Å². The predicted octanol–water partition coefficient (Wildman–Crippen LogP) is 3.88. The second kappa shape index (κ2) is 13.1. The summed E-state index contributed by atoms with van der Waals surface area (Å²) in [7, 11) is -3.44. The molecule has 3 aromatic rings. The van der Waals surface area contributed by atoms with Crippen LogP contribution in [0.1, 0.15) is 47.4 Å². The fraction of sp³-hybridized carbons (Fsp3) is 0.286. The Bertz CT molecular complexity index is 1440. The van der Waals surface area contributed by atoms with E-state index in [4.69, 9.17) is 9.47 Å². The van der Waals surface area contributed by atoms with E-state index in [2.05, 4.69) is 4.98 Å². The molecule has 0 aliphatic rings. The van der Waals surface area contributed by atoms with Crippen LogP contribution >= 0.6 is 0 Å². The van der Waals surface area contributed by atoms with Crippen molar-refractivity contribution in [1.82, 2.24) is 4.98 Å². The van der Waals surface area contributed by atoms with Gasteiger partial charge in [0.2, 0.25) is 5.91 Å². The smallest absolute Gasteiger partial charge is 0.359 e. The number of sulfone groups is 1. The van der Waals surface area contributed by atoms with Crippen LogP contribution in [0, 0.1) is 5.82 Å². The topological polar surface area (TPSA) is 120 Å². The molecule has 0 saturated heterocycles. The Hall–Kier alpha value is -4.12. The third-order valence-corrected chi connectivity index (χ3v) is 6.73. The van der Waals surface area contributed by atoms with Crippen molar-refractivity contribution in [3.63, 3.8) is 0 Å². The number of carbonyl (C=O) groups is 3. The van der Waals surface area contributed by atoms with E-state index < -0.39 is 34.1 Å². The highest BCUT2D eigenvalue weighted by atomic mass is 32.2. The Kier molecular flexibility index (Phi) is 9.89. The quantitative estimate of drug-likeness (QED) is 0.258. The molecule has 0 fully saturated rings. The number of benzene rings is 2. The van der Waals surface area contributed by atoms with E-state index in [0.29, 0.717) is 17.5 Å². The summed E-state index contributed by atoms with van der Waals surface area (Å²) in [5.74, 6) is -2.55. The van der Waals surface area contributed by atoms with Crippen molar-refractivity contribution in [2.75, 3.05) is 24.4 Å². The van der Waals surface area contributed by atoms with Crippen LogP contribution in [0.15, 0.2) is 65.7 Å². The lowest BCUT2D eigenvalue weighted by Crippen LogP contribution is -2.34. The van der Waals surface area contributed by atoms with Crippen LogP contribution < -0.4 is 4.90 Å². The molecule has 2 aromatic carbocycles. The predicted molar refractivity (Wildman–Crippen MR) is 141 cm³/mol. The molecule has 0 unspecified atom stereocenters. The van der Waals surface area contributed by atoms with Gasteiger partial charge in [-0.25, -0.2) is 22.6 Å². The van der Waals surface area contributed by atoms with Gasteiger partial charge in [-0.1, -0.05) is 24.3 Å². The van der Waals surface area contributed by atoms with Gasteiger partial charge in [-0.05, 0) is 67.3 Å². The minimum Gasteiger partial charge on any atom is -0.466 e. The molecule has 11 heteroatoms. The molecular formula is C28H29FN2O7S. The number of pyridine rings is 1. The Morgan fingerprint density at radius 1 is 0.897 bits per heavy atom. The van der Waals surface area contributed by atoms with Gasteiger partial charge in [0.25, 0.3) is 0 Å².